The Hall–Kier alpha value is -2.73. The van der Waals surface area contributed by atoms with Crippen molar-refractivity contribution < 1.29 is 39.3 Å². The van der Waals surface area contributed by atoms with E-state index in [-0.39, 0.29) is 18.8 Å². The van der Waals surface area contributed by atoms with Crippen molar-refractivity contribution in [1.29, 1.82) is 0 Å². The second-order valence-electron chi connectivity index (χ2n) is 9.92. The maximum Gasteiger partial charge on any atom is 0.326 e. The van der Waals surface area contributed by atoms with Crippen LogP contribution in [0.2, 0.25) is 0 Å². The van der Waals surface area contributed by atoms with Gasteiger partial charge in [-0.2, -0.15) is 0 Å². The van der Waals surface area contributed by atoms with Gasteiger partial charge in [-0.3, -0.25) is 19.2 Å². The Labute approximate surface area is 212 Å². The molecule has 5 atom stereocenters. The number of aliphatic carboxylic acids is 2. The van der Waals surface area contributed by atoms with Crippen LogP contribution in [0, 0.1) is 11.8 Å². The van der Waals surface area contributed by atoms with Crippen molar-refractivity contribution in [2.45, 2.75) is 103 Å². The first kappa shape index (κ1) is 31.3. The van der Waals surface area contributed by atoms with E-state index >= 15 is 0 Å². The van der Waals surface area contributed by atoms with Crippen molar-refractivity contribution in [1.82, 2.24) is 21.3 Å². The summed E-state index contributed by atoms with van der Waals surface area (Å²) in [7, 11) is 0. The van der Waals surface area contributed by atoms with Gasteiger partial charge in [-0.15, -0.1) is 0 Å². The SMILES string of the molecule is CC(C)[C@H](NC(=O)[C@H](C)NC(=O)[C@@H](NC(=O)[C@H](CCC(=O)O)NCC1CCCCC1)[C@@H](C)O)C(=O)O. The van der Waals surface area contributed by atoms with E-state index in [0.29, 0.717) is 12.5 Å². The molecule has 3 amide bonds. The summed E-state index contributed by atoms with van der Waals surface area (Å²) < 4.78 is 0. The molecular weight excluding hydrogens is 472 g/mol. The highest BCUT2D eigenvalue weighted by molar-refractivity contribution is 5.94. The van der Waals surface area contributed by atoms with Gasteiger partial charge >= 0.3 is 11.9 Å². The maximum absolute atomic E-state index is 13.0. The van der Waals surface area contributed by atoms with Gasteiger partial charge in [0.25, 0.3) is 0 Å². The Morgan fingerprint density at radius 2 is 1.39 bits per heavy atom. The molecule has 7 N–H and O–H groups in total. The molecule has 206 valence electrons. The van der Waals surface area contributed by atoms with Gasteiger partial charge in [0.2, 0.25) is 17.7 Å². The minimum atomic E-state index is -1.41. The summed E-state index contributed by atoms with van der Waals surface area (Å²) in [5, 5.41) is 38.8. The summed E-state index contributed by atoms with van der Waals surface area (Å²) in [6, 6.07) is -4.56. The van der Waals surface area contributed by atoms with E-state index in [1.807, 2.05) is 0 Å². The number of rotatable bonds is 15. The van der Waals surface area contributed by atoms with E-state index in [2.05, 4.69) is 21.3 Å². The fourth-order valence-corrected chi connectivity index (χ4v) is 4.11. The normalized spacial score (nSPS) is 18.4. The summed E-state index contributed by atoms with van der Waals surface area (Å²) in [5.41, 5.74) is 0. The minimum Gasteiger partial charge on any atom is -0.481 e. The number of aliphatic hydroxyl groups excluding tert-OH is 1. The lowest BCUT2D eigenvalue weighted by atomic mass is 9.89. The minimum absolute atomic E-state index is 0.00657. The van der Waals surface area contributed by atoms with Crippen molar-refractivity contribution in [2.24, 2.45) is 11.8 Å². The first-order valence-electron chi connectivity index (χ1n) is 12.6. The number of carbonyl (C=O) groups excluding carboxylic acids is 3. The van der Waals surface area contributed by atoms with Gasteiger partial charge in [0.15, 0.2) is 0 Å². The third-order valence-corrected chi connectivity index (χ3v) is 6.39. The molecule has 1 saturated carbocycles. The van der Waals surface area contributed by atoms with Gasteiger partial charge in [0.05, 0.1) is 12.1 Å². The molecule has 0 aromatic heterocycles. The van der Waals surface area contributed by atoms with Crippen LogP contribution in [0.4, 0.5) is 0 Å². The van der Waals surface area contributed by atoms with E-state index in [1.54, 1.807) is 13.8 Å². The molecule has 0 radical (unpaired) electrons. The third-order valence-electron chi connectivity index (χ3n) is 6.39. The second-order valence-corrected chi connectivity index (χ2v) is 9.92. The molecule has 0 aromatic carbocycles. The first-order chi connectivity index (χ1) is 16.8. The van der Waals surface area contributed by atoms with Crippen molar-refractivity contribution in [3.8, 4) is 0 Å². The van der Waals surface area contributed by atoms with Crippen LogP contribution in [0.1, 0.15) is 72.6 Å². The van der Waals surface area contributed by atoms with Crippen LogP contribution in [0.15, 0.2) is 0 Å². The van der Waals surface area contributed by atoms with Crippen molar-refractivity contribution >= 4 is 29.7 Å². The number of aliphatic hydroxyl groups is 1. The molecule has 12 nitrogen and oxygen atoms in total. The maximum atomic E-state index is 13.0. The summed E-state index contributed by atoms with van der Waals surface area (Å²) in [4.78, 5) is 60.6. The molecule has 0 aromatic rings. The average Bonchev–Trinajstić information content (AvgIpc) is 2.80. The Bertz CT molecular complexity index is 767. The lowest BCUT2D eigenvalue weighted by Gasteiger charge is -2.28. The molecule has 0 unspecified atom stereocenters. The number of hydrogen-bond donors (Lipinski definition) is 7. The third kappa shape index (κ3) is 10.9. The van der Waals surface area contributed by atoms with Gasteiger partial charge in [-0.1, -0.05) is 33.1 Å². The Kier molecular flexibility index (Phi) is 13.4. The topological polar surface area (TPSA) is 194 Å². The van der Waals surface area contributed by atoms with Crippen LogP contribution in [-0.2, 0) is 24.0 Å². The first-order valence-corrected chi connectivity index (χ1v) is 12.6. The fraction of sp³-hybridized carbons (Fsp3) is 0.792. The van der Waals surface area contributed by atoms with Gasteiger partial charge < -0.3 is 36.6 Å². The van der Waals surface area contributed by atoms with Crippen molar-refractivity contribution in [2.75, 3.05) is 6.54 Å². The van der Waals surface area contributed by atoms with Crippen molar-refractivity contribution in [3.05, 3.63) is 0 Å². The highest BCUT2D eigenvalue weighted by atomic mass is 16.4. The zero-order chi connectivity index (χ0) is 27.4. The number of carbonyl (C=O) groups is 5. The summed E-state index contributed by atoms with van der Waals surface area (Å²) in [5.74, 6) is -4.46. The standard InChI is InChI=1S/C24H42N4O8/c1-13(2)19(24(35)36)27-21(32)14(3)26-23(34)20(15(4)29)28-22(33)17(10-11-18(30)31)25-12-16-8-6-5-7-9-16/h13-17,19-20,25,29H,5-12H2,1-4H3,(H,26,34)(H,27,32)(H,28,33)(H,30,31)(H,35,36)/t14-,15+,17-,19-,20-/m0/s1. The predicted molar refractivity (Wildman–Crippen MR) is 131 cm³/mol. The Balaban J connectivity index is 2.81. The highest BCUT2D eigenvalue weighted by Gasteiger charge is 2.32. The average molecular weight is 515 g/mol. The molecule has 36 heavy (non-hydrogen) atoms. The van der Waals surface area contributed by atoms with Gasteiger partial charge in [0.1, 0.15) is 18.1 Å². The van der Waals surface area contributed by atoms with Crippen LogP contribution in [0.3, 0.4) is 0 Å². The molecule has 1 rings (SSSR count). The molecule has 1 fully saturated rings. The molecule has 0 spiro atoms. The molecule has 0 saturated heterocycles. The summed E-state index contributed by atoms with van der Waals surface area (Å²) in [6.45, 7) is 6.46. The number of carboxylic acids is 2. The van der Waals surface area contributed by atoms with Crippen LogP contribution in [0.5, 0.6) is 0 Å². The monoisotopic (exact) mass is 514 g/mol. The lowest BCUT2D eigenvalue weighted by Crippen LogP contribution is -2.60. The summed E-state index contributed by atoms with van der Waals surface area (Å²) >= 11 is 0. The fourth-order valence-electron chi connectivity index (χ4n) is 4.11. The van der Waals surface area contributed by atoms with E-state index in [1.165, 1.54) is 20.3 Å². The lowest BCUT2D eigenvalue weighted by molar-refractivity contribution is -0.143. The predicted octanol–water partition coefficient (Wildman–Crippen LogP) is -0.0146. The van der Waals surface area contributed by atoms with Crippen LogP contribution in [0.25, 0.3) is 0 Å². The zero-order valence-electron chi connectivity index (χ0n) is 21.6. The summed E-state index contributed by atoms with van der Waals surface area (Å²) in [6.07, 6.45) is 3.89. The van der Waals surface area contributed by atoms with Crippen molar-refractivity contribution in [3.63, 3.8) is 0 Å². The van der Waals surface area contributed by atoms with Crippen LogP contribution in [-0.4, -0.2) is 81.8 Å². The number of amides is 3. The quantitative estimate of drug-likeness (QED) is 0.157. The zero-order valence-corrected chi connectivity index (χ0v) is 21.6. The van der Waals surface area contributed by atoms with E-state index < -0.39 is 59.9 Å². The number of nitrogens with one attached hydrogen (secondary N) is 4. The molecular formula is C24H42N4O8. The van der Waals surface area contributed by atoms with E-state index in [4.69, 9.17) is 5.11 Å². The van der Waals surface area contributed by atoms with E-state index in [9.17, 15) is 34.2 Å². The van der Waals surface area contributed by atoms with E-state index in [0.717, 1.165) is 25.7 Å². The molecule has 1 aliphatic carbocycles. The van der Waals surface area contributed by atoms with Crippen LogP contribution >= 0.6 is 0 Å². The molecule has 1 aliphatic rings. The number of hydrogen-bond acceptors (Lipinski definition) is 7. The highest BCUT2D eigenvalue weighted by Crippen LogP contribution is 2.23. The van der Waals surface area contributed by atoms with Gasteiger partial charge in [-0.05, 0) is 51.5 Å². The second kappa shape index (κ2) is 15.4. The molecule has 0 aliphatic heterocycles. The Morgan fingerprint density at radius 3 is 1.89 bits per heavy atom. The van der Waals surface area contributed by atoms with Crippen LogP contribution < -0.4 is 21.3 Å². The van der Waals surface area contributed by atoms with Gasteiger partial charge in [0, 0.05) is 6.42 Å². The number of carboxylic acid groups (broad SMARTS) is 2. The Morgan fingerprint density at radius 1 is 0.806 bits per heavy atom. The largest absolute Gasteiger partial charge is 0.481 e. The molecule has 12 heteroatoms. The smallest absolute Gasteiger partial charge is 0.326 e. The molecule has 0 heterocycles. The van der Waals surface area contributed by atoms with Gasteiger partial charge in [-0.25, -0.2) is 4.79 Å². The molecule has 0 bridgehead atoms.